The van der Waals surface area contributed by atoms with Gasteiger partial charge in [-0.1, -0.05) is 35.3 Å². The van der Waals surface area contributed by atoms with E-state index in [0.29, 0.717) is 32.3 Å². The van der Waals surface area contributed by atoms with Crippen LogP contribution in [0.5, 0.6) is 0 Å². The van der Waals surface area contributed by atoms with E-state index in [1.54, 1.807) is 24.3 Å². The summed E-state index contributed by atoms with van der Waals surface area (Å²) in [4.78, 5) is 17.1. The number of amides is 1. The van der Waals surface area contributed by atoms with Crippen molar-refractivity contribution < 1.29 is 9.21 Å². The number of aliphatic imine (C=N–C) groups is 1. The van der Waals surface area contributed by atoms with Crippen LogP contribution in [0.3, 0.4) is 0 Å². The number of amidine groups is 1. The minimum atomic E-state index is -0.175. The first kappa shape index (κ1) is 18.9. The third-order valence-electron chi connectivity index (χ3n) is 3.95. The Morgan fingerprint density at radius 1 is 1.07 bits per heavy atom. The molecule has 0 aliphatic carbocycles. The Hall–Kier alpha value is -2.47. The maximum absolute atomic E-state index is 11.9. The molecule has 3 aromatic rings. The molecule has 0 saturated carbocycles. The molecule has 1 aliphatic heterocycles. The van der Waals surface area contributed by atoms with Crippen LogP contribution in [0.2, 0.25) is 10.0 Å². The molecule has 0 atom stereocenters. The van der Waals surface area contributed by atoms with Crippen LogP contribution in [0.25, 0.3) is 17.4 Å². The number of furan rings is 1. The van der Waals surface area contributed by atoms with Gasteiger partial charge in [0.25, 0.3) is 5.24 Å². The second-order valence-electron chi connectivity index (χ2n) is 6.18. The fourth-order valence-electron chi connectivity index (χ4n) is 2.75. The Balaban J connectivity index is 1.66. The SMILES string of the molecule is Cc1cccc(N=C2NC(=O)S/C2=C\c2ccc(-c3cc(Cl)cc(Cl)c3)o2)c1. The van der Waals surface area contributed by atoms with Gasteiger partial charge in [0.15, 0.2) is 0 Å². The van der Waals surface area contributed by atoms with E-state index < -0.39 is 0 Å². The number of hydrogen-bond acceptors (Lipinski definition) is 4. The Bertz CT molecular complexity index is 1110. The highest BCUT2D eigenvalue weighted by atomic mass is 35.5. The smallest absolute Gasteiger partial charge is 0.289 e. The molecular formula is C21H14Cl2N2O2S. The number of hydrogen-bond donors (Lipinski definition) is 1. The summed E-state index contributed by atoms with van der Waals surface area (Å²) >= 11 is 13.2. The van der Waals surface area contributed by atoms with E-state index in [1.165, 1.54) is 0 Å². The van der Waals surface area contributed by atoms with Crippen LogP contribution in [0, 0.1) is 6.92 Å². The van der Waals surface area contributed by atoms with E-state index >= 15 is 0 Å². The molecule has 1 aliphatic rings. The molecule has 1 amide bonds. The number of rotatable bonds is 3. The van der Waals surface area contributed by atoms with E-state index in [9.17, 15) is 4.79 Å². The van der Waals surface area contributed by atoms with Crippen molar-refractivity contribution in [2.75, 3.05) is 0 Å². The average molecular weight is 429 g/mol. The van der Waals surface area contributed by atoms with Gasteiger partial charge in [-0.3, -0.25) is 4.79 Å². The maximum atomic E-state index is 11.9. The van der Waals surface area contributed by atoms with Gasteiger partial charge in [-0.2, -0.15) is 0 Å². The Labute approximate surface area is 176 Å². The summed E-state index contributed by atoms with van der Waals surface area (Å²) < 4.78 is 5.89. The third-order valence-corrected chi connectivity index (χ3v) is 5.20. The lowest BCUT2D eigenvalue weighted by Crippen LogP contribution is -2.18. The molecule has 0 unspecified atom stereocenters. The largest absolute Gasteiger partial charge is 0.457 e. The normalized spacial score (nSPS) is 16.8. The van der Waals surface area contributed by atoms with E-state index in [0.717, 1.165) is 28.6 Å². The van der Waals surface area contributed by atoms with Gasteiger partial charge in [0.1, 0.15) is 17.4 Å². The molecule has 2 aromatic carbocycles. The molecular weight excluding hydrogens is 415 g/mol. The first-order chi connectivity index (χ1) is 13.5. The second kappa shape index (κ2) is 7.87. The Kier molecular flexibility index (Phi) is 5.31. The van der Waals surface area contributed by atoms with Gasteiger partial charge in [0.05, 0.1) is 10.6 Å². The molecule has 0 bridgehead atoms. The summed E-state index contributed by atoms with van der Waals surface area (Å²) in [6.45, 7) is 1.99. The zero-order chi connectivity index (χ0) is 19.7. The van der Waals surface area contributed by atoms with Crippen LogP contribution in [-0.2, 0) is 0 Å². The summed E-state index contributed by atoms with van der Waals surface area (Å²) in [5.74, 6) is 1.74. The summed E-state index contributed by atoms with van der Waals surface area (Å²) in [6.07, 6.45) is 1.78. The highest BCUT2D eigenvalue weighted by Crippen LogP contribution is 2.32. The molecule has 1 saturated heterocycles. The predicted molar refractivity (Wildman–Crippen MR) is 117 cm³/mol. The Morgan fingerprint density at radius 3 is 2.61 bits per heavy atom. The van der Waals surface area contributed by atoms with Crippen LogP contribution >= 0.6 is 35.0 Å². The number of thioether (sulfide) groups is 1. The molecule has 0 spiro atoms. The van der Waals surface area contributed by atoms with Gasteiger partial charge in [0.2, 0.25) is 0 Å². The van der Waals surface area contributed by atoms with Crippen molar-refractivity contribution >= 4 is 57.8 Å². The molecule has 4 rings (SSSR count). The van der Waals surface area contributed by atoms with E-state index in [1.807, 2.05) is 43.3 Å². The lowest BCUT2D eigenvalue weighted by Gasteiger charge is -2.01. The minimum Gasteiger partial charge on any atom is -0.457 e. The van der Waals surface area contributed by atoms with Crippen LogP contribution in [0.1, 0.15) is 11.3 Å². The number of nitrogens with zero attached hydrogens (tertiary/aromatic N) is 1. The van der Waals surface area contributed by atoms with Gasteiger partial charge in [-0.05, 0) is 72.8 Å². The lowest BCUT2D eigenvalue weighted by molar-refractivity contribution is 0.265. The van der Waals surface area contributed by atoms with E-state index in [4.69, 9.17) is 27.6 Å². The van der Waals surface area contributed by atoms with Gasteiger partial charge < -0.3 is 9.73 Å². The van der Waals surface area contributed by atoms with Crippen LogP contribution in [0.4, 0.5) is 10.5 Å². The van der Waals surface area contributed by atoms with E-state index in [-0.39, 0.29) is 5.24 Å². The fraction of sp³-hybridized carbons (Fsp3) is 0.0476. The van der Waals surface area contributed by atoms with Crippen LogP contribution in [0.15, 0.2) is 68.9 Å². The van der Waals surface area contributed by atoms with Gasteiger partial charge >= 0.3 is 0 Å². The molecule has 0 radical (unpaired) electrons. The van der Waals surface area contributed by atoms with Crippen LogP contribution < -0.4 is 5.32 Å². The van der Waals surface area contributed by atoms with Crippen molar-refractivity contribution in [1.82, 2.24) is 5.32 Å². The van der Waals surface area contributed by atoms with Crippen molar-refractivity contribution in [2.24, 2.45) is 4.99 Å². The topological polar surface area (TPSA) is 54.6 Å². The quantitative estimate of drug-likeness (QED) is 0.484. The zero-order valence-corrected chi connectivity index (χ0v) is 17.0. The zero-order valence-electron chi connectivity index (χ0n) is 14.7. The summed E-state index contributed by atoms with van der Waals surface area (Å²) in [6, 6.07) is 16.6. The summed E-state index contributed by atoms with van der Waals surface area (Å²) in [5.41, 5.74) is 2.65. The molecule has 2 heterocycles. The van der Waals surface area contributed by atoms with Gasteiger partial charge in [0, 0.05) is 15.6 Å². The Morgan fingerprint density at radius 2 is 1.86 bits per heavy atom. The number of halogens is 2. The first-order valence-corrected chi connectivity index (χ1v) is 9.96. The first-order valence-electron chi connectivity index (χ1n) is 8.39. The predicted octanol–water partition coefficient (Wildman–Crippen LogP) is 7.09. The van der Waals surface area contributed by atoms with Gasteiger partial charge in [-0.15, -0.1) is 0 Å². The number of benzene rings is 2. The summed E-state index contributed by atoms with van der Waals surface area (Å²) in [7, 11) is 0. The van der Waals surface area contributed by atoms with Crippen molar-refractivity contribution in [3.05, 3.63) is 80.9 Å². The summed E-state index contributed by atoms with van der Waals surface area (Å²) in [5, 5.41) is 3.67. The molecule has 7 heteroatoms. The van der Waals surface area contributed by atoms with Crippen molar-refractivity contribution in [2.45, 2.75) is 6.92 Å². The van der Waals surface area contributed by atoms with Crippen molar-refractivity contribution in [1.29, 1.82) is 0 Å². The molecule has 4 nitrogen and oxygen atoms in total. The maximum Gasteiger partial charge on any atom is 0.289 e. The van der Waals surface area contributed by atoms with E-state index in [2.05, 4.69) is 10.3 Å². The highest BCUT2D eigenvalue weighted by molar-refractivity contribution is 8.18. The monoisotopic (exact) mass is 428 g/mol. The molecule has 1 N–H and O–H groups in total. The number of nitrogens with one attached hydrogen (secondary N) is 1. The average Bonchev–Trinajstić information content (AvgIpc) is 3.21. The molecule has 28 heavy (non-hydrogen) atoms. The van der Waals surface area contributed by atoms with Crippen molar-refractivity contribution in [3.8, 4) is 11.3 Å². The number of carbonyl (C=O) groups is 1. The lowest BCUT2D eigenvalue weighted by atomic mass is 10.2. The third kappa shape index (κ3) is 4.33. The second-order valence-corrected chi connectivity index (χ2v) is 8.07. The number of aryl methyl sites for hydroxylation is 1. The molecule has 1 fully saturated rings. The van der Waals surface area contributed by atoms with Crippen LogP contribution in [-0.4, -0.2) is 11.1 Å². The number of carbonyl (C=O) groups excluding carboxylic acids is 1. The highest BCUT2D eigenvalue weighted by Gasteiger charge is 2.24. The fourth-order valence-corrected chi connectivity index (χ4v) is 3.99. The minimum absolute atomic E-state index is 0.175. The van der Waals surface area contributed by atoms with Gasteiger partial charge in [-0.25, -0.2) is 4.99 Å². The van der Waals surface area contributed by atoms with Crippen molar-refractivity contribution in [3.63, 3.8) is 0 Å². The molecule has 1 aromatic heterocycles. The molecule has 140 valence electrons. The standard InChI is InChI=1S/C21H14Cl2N2O2S/c1-12-3-2-4-16(7-12)24-20-19(28-21(26)25-20)11-17-5-6-18(27-17)13-8-14(22)10-15(23)9-13/h2-11H,1H3,(H,24,25,26)/b19-11-.